The molecule has 1 spiro atoms. The zero-order valence-corrected chi connectivity index (χ0v) is 19.1. The summed E-state index contributed by atoms with van der Waals surface area (Å²) in [6.07, 6.45) is 7.90. The molecule has 0 radical (unpaired) electrons. The van der Waals surface area contributed by atoms with E-state index in [1.807, 2.05) is 12.1 Å². The monoisotopic (exact) mass is 436 g/mol. The van der Waals surface area contributed by atoms with Crippen LogP contribution >= 0.6 is 11.6 Å². The lowest BCUT2D eigenvalue weighted by atomic mass is 9.74. The van der Waals surface area contributed by atoms with E-state index < -0.39 is 0 Å². The third kappa shape index (κ3) is 4.83. The van der Waals surface area contributed by atoms with Gasteiger partial charge < -0.3 is 4.90 Å². The van der Waals surface area contributed by atoms with Crippen LogP contribution in [-0.4, -0.2) is 40.9 Å². The number of halogens is 1. The first kappa shape index (κ1) is 21.0. The van der Waals surface area contributed by atoms with Gasteiger partial charge in [-0.15, -0.1) is 0 Å². The highest BCUT2D eigenvalue weighted by Crippen LogP contribution is 2.43. The lowest BCUT2D eigenvalue weighted by Crippen LogP contribution is -2.62. The fraction of sp³-hybridized carbons (Fsp3) is 0.519. The van der Waals surface area contributed by atoms with Crippen LogP contribution in [0.25, 0.3) is 0 Å². The van der Waals surface area contributed by atoms with Crippen LogP contribution in [0.2, 0.25) is 5.02 Å². The highest BCUT2D eigenvalue weighted by atomic mass is 35.5. The van der Waals surface area contributed by atoms with Gasteiger partial charge in [0.1, 0.15) is 0 Å². The number of hydrogen-bond acceptors (Lipinski definition) is 2. The van der Waals surface area contributed by atoms with E-state index in [2.05, 4.69) is 52.3 Å². The molecule has 2 aliphatic heterocycles. The lowest BCUT2D eigenvalue weighted by Gasteiger charge is -2.53. The fourth-order valence-electron chi connectivity index (χ4n) is 5.58. The molecule has 0 aromatic heterocycles. The molecule has 3 nitrogen and oxygen atoms in total. The van der Waals surface area contributed by atoms with Crippen molar-refractivity contribution in [3.63, 3.8) is 0 Å². The third-order valence-corrected chi connectivity index (χ3v) is 7.97. The summed E-state index contributed by atoms with van der Waals surface area (Å²) in [6, 6.07) is 18.8. The summed E-state index contributed by atoms with van der Waals surface area (Å²) >= 11 is 6.04. The number of carbonyl (C=O) groups excluding carboxylic acids is 1. The largest absolute Gasteiger partial charge is 0.336 e. The van der Waals surface area contributed by atoms with Crippen molar-refractivity contribution in [2.45, 2.75) is 57.0 Å². The van der Waals surface area contributed by atoms with E-state index in [-0.39, 0.29) is 11.5 Å². The summed E-state index contributed by atoms with van der Waals surface area (Å²) in [7, 11) is 0. The van der Waals surface area contributed by atoms with Gasteiger partial charge in [-0.3, -0.25) is 9.69 Å². The lowest BCUT2D eigenvalue weighted by molar-refractivity contribution is -0.152. The van der Waals surface area contributed by atoms with Crippen molar-refractivity contribution < 1.29 is 4.79 Å². The first-order valence-corrected chi connectivity index (χ1v) is 12.3. The predicted molar refractivity (Wildman–Crippen MR) is 126 cm³/mol. The summed E-state index contributed by atoms with van der Waals surface area (Å²) in [5.41, 5.74) is 2.70. The van der Waals surface area contributed by atoms with E-state index in [0.29, 0.717) is 5.91 Å². The molecule has 1 amide bonds. The topological polar surface area (TPSA) is 23.6 Å². The smallest absolute Gasteiger partial charge is 0.226 e. The van der Waals surface area contributed by atoms with Gasteiger partial charge in [0.2, 0.25) is 5.91 Å². The molecule has 1 unspecified atom stereocenters. The average Bonchev–Trinajstić information content (AvgIpc) is 3.62. The first-order valence-electron chi connectivity index (χ1n) is 11.9. The van der Waals surface area contributed by atoms with Crippen LogP contribution in [0.5, 0.6) is 0 Å². The van der Waals surface area contributed by atoms with Gasteiger partial charge in [-0.25, -0.2) is 0 Å². The number of amides is 1. The van der Waals surface area contributed by atoms with Crippen molar-refractivity contribution in [3.8, 4) is 0 Å². The van der Waals surface area contributed by atoms with E-state index in [1.165, 1.54) is 24.0 Å². The molecular formula is C27H33ClN2O. The van der Waals surface area contributed by atoms with Gasteiger partial charge in [-0.2, -0.15) is 0 Å². The van der Waals surface area contributed by atoms with Crippen LogP contribution in [0.1, 0.15) is 49.7 Å². The van der Waals surface area contributed by atoms with E-state index in [0.717, 1.165) is 69.2 Å². The van der Waals surface area contributed by atoms with Crippen molar-refractivity contribution in [2.24, 2.45) is 11.8 Å². The molecule has 5 rings (SSSR count). The van der Waals surface area contributed by atoms with Gasteiger partial charge in [0.15, 0.2) is 0 Å². The zero-order chi connectivity index (χ0) is 21.3. The first-order chi connectivity index (χ1) is 15.1. The Morgan fingerprint density at radius 2 is 1.58 bits per heavy atom. The molecule has 1 saturated carbocycles. The number of carbonyl (C=O) groups is 1. The molecular weight excluding hydrogens is 404 g/mol. The molecule has 3 aliphatic rings. The zero-order valence-electron chi connectivity index (χ0n) is 18.3. The van der Waals surface area contributed by atoms with E-state index >= 15 is 0 Å². The molecule has 0 bridgehead atoms. The second-order valence-corrected chi connectivity index (χ2v) is 10.4. The average molecular weight is 437 g/mol. The maximum absolute atomic E-state index is 13.7. The molecule has 1 atom stereocenters. The molecule has 2 aromatic rings. The number of hydrogen-bond donors (Lipinski definition) is 0. The molecule has 0 N–H and O–H groups in total. The normalized spacial score (nSPS) is 24.0. The van der Waals surface area contributed by atoms with Gasteiger partial charge in [0, 0.05) is 42.7 Å². The summed E-state index contributed by atoms with van der Waals surface area (Å²) in [6.45, 7) is 4.10. The number of rotatable bonds is 6. The SMILES string of the molecule is O=C1C(Cc2ccccc2)CCC2(CCN(Cc3ccc(Cl)cc3)CC2)N1CC1CC1. The molecule has 1 aliphatic carbocycles. The maximum atomic E-state index is 13.7. The van der Waals surface area contributed by atoms with Crippen molar-refractivity contribution in [1.29, 1.82) is 0 Å². The Kier molecular flexibility index (Phi) is 6.08. The standard InChI is InChI=1S/C27H33ClN2O/c28-25-10-8-22(9-11-25)19-29-16-14-27(15-17-29)13-12-24(18-21-4-2-1-3-5-21)26(31)30(27)20-23-6-7-23/h1-5,8-11,23-24H,6-7,12-20H2. The van der Waals surface area contributed by atoms with E-state index in [4.69, 9.17) is 11.6 Å². The van der Waals surface area contributed by atoms with Gasteiger partial charge in [-0.1, -0.05) is 54.1 Å². The molecule has 164 valence electrons. The molecule has 3 fully saturated rings. The van der Waals surface area contributed by atoms with Crippen molar-refractivity contribution in [2.75, 3.05) is 19.6 Å². The highest BCUT2D eigenvalue weighted by Gasteiger charge is 2.48. The Hall–Kier alpha value is -1.84. The van der Waals surface area contributed by atoms with Gasteiger partial charge in [0.05, 0.1) is 0 Å². The Balaban J connectivity index is 1.26. The summed E-state index contributed by atoms with van der Waals surface area (Å²) in [5, 5.41) is 0.794. The summed E-state index contributed by atoms with van der Waals surface area (Å²) in [4.78, 5) is 18.6. The fourth-order valence-corrected chi connectivity index (χ4v) is 5.71. The van der Waals surface area contributed by atoms with Crippen LogP contribution in [0, 0.1) is 11.8 Å². The van der Waals surface area contributed by atoms with Crippen LogP contribution in [0.15, 0.2) is 54.6 Å². The van der Waals surface area contributed by atoms with Crippen LogP contribution in [-0.2, 0) is 17.8 Å². The second-order valence-electron chi connectivity index (χ2n) is 9.94. The van der Waals surface area contributed by atoms with Crippen molar-refractivity contribution in [3.05, 3.63) is 70.7 Å². The highest BCUT2D eigenvalue weighted by molar-refractivity contribution is 6.30. The van der Waals surface area contributed by atoms with E-state index in [1.54, 1.807) is 0 Å². The number of nitrogens with zero attached hydrogens (tertiary/aromatic N) is 2. The number of likely N-dealkylation sites (tertiary alicyclic amines) is 2. The third-order valence-electron chi connectivity index (χ3n) is 7.71. The summed E-state index contributed by atoms with van der Waals surface area (Å²) in [5.74, 6) is 1.32. The second kappa shape index (κ2) is 8.96. The van der Waals surface area contributed by atoms with Crippen LogP contribution < -0.4 is 0 Å². The Morgan fingerprint density at radius 1 is 0.871 bits per heavy atom. The van der Waals surface area contributed by atoms with Gasteiger partial charge >= 0.3 is 0 Å². The minimum atomic E-state index is 0.0867. The summed E-state index contributed by atoms with van der Waals surface area (Å²) < 4.78 is 0. The predicted octanol–water partition coefficient (Wildman–Crippen LogP) is 5.57. The molecule has 2 saturated heterocycles. The Labute approximate surface area is 191 Å². The molecule has 2 heterocycles. The van der Waals surface area contributed by atoms with Crippen molar-refractivity contribution >= 4 is 17.5 Å². The minimum absolute atomic E-state index is 0.0867. The van der Waals surface area contributed by atoms with Crippen molar-refractivity contribution in [1.82, 2.24) is 9.80 Å². The van der Waals surface area contributed by atoms with Gasteiger partial charge in [0.25, 0.3) is 0 Å². The molecule has 2 aromatic carbocycles. The van der Waals surface area contributed by atoms with Gasteiger partial charge in [-0.05, 0) is 74.1 Å². The van der Waals surface area contributed by atoms with E-state index in [9.17, 15) is 4.79 Å². The number of piperidine rings is 2. The quantitative estimate of drug-likeness (QED) is 0.591. The minimum Gasteiger partial charge on any atom is -0.336 e. The Morgan fingerprint density at radius 3 is 2.26 bits per heavy atom. The molecule has 4 heteroatoms. The van der Waals surface area contributed by atoms with Crippen LogP contribution in [0.3, 0.4) is 0 Å². The molecule has 31 heavy (non-hydrogen) atoms. The number of benzene rings is 2. The van der Waals surface area contributed by atoms with Crippen LogP contribution in [0.4, 0.5) is 0 Å². The Bertz CT molecular complexity index is 885. The maximum Gasteiger partial charge on any atom is 0.226 e.